The third kappa shape index (κ3) is 44.3. The molecule has 0 spiro atoms. The Kier molecular flexibility index (Phi) is 40.7. The Morgan fingerprint density at radius 1 is 0.593 bits per heavy atom. The van der Waals surface area contributed by atoms with Crippen LogP contribution in [-0.2, 0) is 18.4 Å². The van der Waals surface area contributed by atoms with E-state index in [1.807, 2.05) is 27.2 Å². The van der Waals surface area contributed by atoms with E-state index in [-0.39, 0.29) is 12.5 Å². The molecular weight excluding hydrogens is 756 g/mol. The van der Waals surface area contributed by atoms with Crippen molar-refractivity contribution in [2.75, 3.05) is 40.9 Å². The molecule has 0 heterocycles. The number of rotatable bonds is 44. The van der Waals surface area contributed by atoms with Crippen molar-refractivity contribution < 1.29 is 32.9 Å². The van der Waals surface area contributed by atoms with Gasteiger partial charge in [-0.2, -0.15) is 0 Å². The lowest BCUT2D eigenvalue weighted by Crippen LogP contribution is -2.45. The zero-order chi connectivity index (χ0) is 43.6. The molecule has 0 aromatic rings. The van der Waals surface area contributed by atoms with Gasteiger partial charge in [-0.1, -0.05) is 191 Å². The predicted octanol–water partition coefficient (Wildman–Crippen LogP) is 13.4. The highest BCUT2D eigenvalue weighted by Gasteiger charge is 2.23. The third-order valence-corrected chi connectivity index (χ3v) is 11.7. The standard InChI is InChI=1S/C50H95N2O6P/c1-6-8-10-12-14-16-18-20-21-22-23-24-25-26-27-28-29-30-31-32-34-36-38-40-42-44-50(54)51-48(47-58-59(55,56)57-46-45-52(3,4)5)49(53)43-41-39-37-35-33-19-17-15-13-11-9-7-2/h23-24,26-27,33,35,41,43,48-49,53H,6-22,25,28-32,34,36-40,42,44-47H2,1-5H3,(H-,51,54,55,56)/b24-23-,27-26-,35-33+,43-41+. The van der Waals surface area contributed by atoms with Crippen molar-refractivity contribution in [1.82, 2.24) is 5.32 Å². The molecule has 9 heteroatoms. The number of likely N-dealkylation sites (N-methyl/N-ethyl adjacent to an activating group) is 1. The van der Waals surface area contributed by atoms with Crippen LogP contribution in [0.1, 0.15) is 213 Å². The molecule has 2 N–H and O–H groups in total. The van der Waals surface area contributed by atoms with Gasteiger partial charge in [-0.05, 0) is 64.2 Å². The van der Waals surface area contributed by atoms with Gasteiger partial charge in [0.25, 0.3) is 7.82 Å². The topological polar surface area (TPSA) is 108 Å². The van der Waals surface area contributed by atoms with Crippen LogP contribution in [0.15, 0.2) is 48.6 Å². The Bertz CT molecular complexity index is 1100. The van der Waals surface area contributed by atoms with Crippen LogP contribution in [0.4, 0.5) is 0 Å². The first-order valence-corrected chi connectivity index (χ1v) is 26.0. The maximum absolute atomic E-state index is 12.9. The number of nitrogens with one attached hydrogen (secondary N) is 1. The summed E-state index contributed by atoms with van der Waals surface area (Å²) < 4.78 is 23.2. The number of amides is 1. The van der Waals surface area contributed by atoms with E-state index in [1.54, 1.807) is 6.08 Å². The van der Waals surface area contributed by atoms with Crippen molar-refractivity contribution in [3.8, 4) is 0 Å². The lowest BCUT2D eigenvalue weighted by atomic mass is 10.1. The maximum atomic E-state index is 12.9. The molecule has 0 saturated carbocycles. The number of hydrogen-bond acceptors (Lipinski definition) is 6. The summed E-state index contributed by atoms with van der Waals surface area (Å²) in [5.41, 5.74) is 0. The van der Waals surface area contributed by atoms with Gasteiger partial charge < -0.3 is 28.8 Å². The van der Waals surface area contributed by atoms with Gasteiger partial charge in [0.05, 0.1) is 39.9 Å². The highest BCUT2D eigenvalue weighted by molar-refractivity contribution is 7.45. The number of unbranched alkanes of at least 4 members (excludes halogenated alkanes) is 25. The van der Waals surface area contributed by atoms with Gasteiger partial charge in [0.15, 0.2) is 0 Å². The van der Waals surface area contributed by atoms with Gasteiger partial charge >= 0.3 is 0 Å². The second kappa shape index (κ2) is 41.8. The number of allylic oxidation sites excluding steroid dienone is 7. The summed E-state index contributed by atoms with van der Waals surface area (Å²) >= 11 is 0. The molecule has 0 aliphatic rings. The van der Waals surface area contributed by atoms with Crippen molar-refractivity contribution in [2.45, 2.75) is 225 Å². The number of aliphatic hydroxyl groups is 1. The summed E-state index contributed by atoms with van der Waals surface area (Å²) in [6, 6.07) is -0.905. The van der Waals surface area contributed by atoms with Crippen LogP contribution in [0, 0.1) is 0 Å². The van der Waals surface area contributed by atoms with Crippen molar-refractivity contribution in [2.24, 2.45) is 0 Å². The third-order valence-electron chi connectivity index (χ3n) is 10.8. The number of phosphoric acid groups is 1. The number of quaternary nitrogens is 1. The summed E-state index contributed by atoms with van der Waals surface area (Å²) in [6.45, 7) is 4.60. The minimum absolute atomic E-state index is 0.00844. The zero-order valence-corrected chi connectivity index (χ0v) is 40.1. The van der Waals surface area contributed by atoms with Crippen molar-refractivity contribution in [3.05, 3.63) is 48.6 Å². The second-order valence-corrected chi connectivity index (χ2v) is 19.2. The molecule has 0 fully saturated rings. The highest BCUT2D eigenvalue weighted by Crippen LogP contribution is 2.38. The average Bonchev–Trinajstić information content (AvgIpc) is 3.19. The fourth-order valence-corrected chi connectivity index (χ4v) is 7.57. The van der Waals surface area contributed by atoms with Gasteiger partial charge in [-0.15, -0.1) is 0 Å². The molecule has 8 nitrogen and oxygen atoms in total. The van der Waals surface area contributed by atoms with E-state index in [0.717, 1.165) is 44.9 Å². The molecule has 1 amide bonds. The monoisotopic (exact) mass is 851 g/mol. The fourth-order valence-electron chi connectivity index (χ4n) is 6.85. The first-order chi connectivity index (χ1) is 28.5. The van der Waals surface area contributed by atoms with Gasteiger partial charge in [-0.25, -0.2) is 0 Å². The van der Waals surface area contributed by atoms with Crippen LogP contribution in [0.5, 0.6) is 0 Å². The smallest absolute Gasteiger partial charge is 0.268 e. The lowest BCUT2D eigenvalue weighted by Gasteiger charge is -2.29. The van der Waals surface area contributed by atoms with Crippen LogP contribution >= 0.6 is 7.82 Å². The van der Waals surface area contributed by atoms with E-state index in [0.29, 0.717) is 17.4 Å². The highest BCUT2D eigenvalue weighted by atomic mass is 31.2. The molecule has 0 saturated heterocycles. The Labute approximate surface area is 365 Å². The molecule has 0 aromatic heterocycles. The molecule has 0 radical (unpaired) electrons. The quantitative estimate of drug-likeness (QED) is 0.0274. The van der Waals surface area contributed by atoms with Crippen LogP contribution in [-0.4, -0.2) is 68.5 Å². The molecule has 3 unspecified atom stereocenters. The number of phosphoric ester groups is 1. The number of carbonyl (C=O) groups excluding carboxylic acids is 1. The summed E-state index contributed by atoms with van der Waals surface area (Å²) in [4.78, 5) is 25.3. The van der Waals surface area contributed by atoms with Crippen LogP contribution < -0.4 is 10.2 Å². The Balaban J connectivity index is 4.26. The summed E-state index contributed by atoms with van der Waals surface area (Å²) in [6.07, 6.45) is 53.2. The van der Waals surface area contributed by atoms with Gasteiger partial charge in [-0.3, -0.25) is 9.36 Å². The summed E-state index contributed by atoms with van der Waals surface area (Å²) in [7, 11) is 1.24. The summed E-state index contributed by atoms with van der Waals surface area (Å²) in [5.74, 6) is -0.213. The molecule has 346 valence electrons. The van der Waals surface area contributed by atoms with E-state index in [1.165, 1.54) is 148 Å². The van der Waals surface area contributed by atoms with E-state index >= 15 is 0 Å². The number of hydrogen-bond donors (Lipinski definition) is 2. The van der Waals surface area contributed by atoms with E-state index < -0.39 is 26.6 Å². The number of nitrogens with zero attached hydrogens (tertiary/aromatic N) is 1. The predicted molar refractivity (Wildman–Crippen MR) is 251 cm³/mol. The normalized spacial score (nSPS) is 14.6. The minimum atomic E-state index is -4.60. The Hall–Kier alpha value is -1.54. The zero-order valence-electron chi connectivity index (χ0n) is 39.2. The first kappa shape index (κ1) is 57.5. The van der Waals surface area contributed by atoms with E-state index in [4.69, 9.17) is 9.05 Å². The fraction of sp³-hybridized carbons (Fsp3) is 0.820. The van der Waals surface area contributed by atoms with Crippen molar-refractivity contribution >= 4 is 13.7 Å². The van der Waals surface area contributed by atoms with E-state index in [9.17, 15) is 19.4 Å². The van der Waals surface area contributed by atoms with Crippen molar-refractivity contribution in [3.63, 3.8) is 0 Å². The van der Waals surface area contributed by atoms with E-state index in [2.05, 4.69) is 55.6 Å². The first-order valence-electron chi connectivity index (χ1n) is 24.5. The summed E-state index contributed by atoms with van der Waals surface area (Å²) in [5, 5.41) is 13.7. The maximum Gasteiger partial charge on any atom is 0.268 e. The van der Waals surface area contributed by atoms with Gasteiger partial charge in [0.2, 0.25) is 5.91 Å². The number of aliphatic hydroxyl groups excluding tert-OH is 1. The Morgan fingerprint density at radius 3 is 1.47 bits per heavy atom. The van der Waals surface area contributed by atoms with Gasteiger partial charge in [0.1, 0.15) is 13.2 Å². The van der Waals surface area contributed by atoms with Gasteiger partial charge in [0, 0.05) is 6.42 Å². The average molecular weight is 851 g/mol. The number of carbonyl (C=O) groups is 1. The lowest BCUT2D eigenvalue weighted by molar-refractivity contribution is -0.870. The van der Waals surface area contributed by atoms with Crippen LogP contribution in [0.2, 0.25) is 0 Å². The molecule has 0 aliphatic carbocycles. The largest absolute Gasteiger partial charge is 0.756 e. The molecule has 0 aromatic carbocycles. The van der Waals surface area contributed by atoms with Crippen LogP contribution in [0.25, 0.3) is 0 Å². The molecular formula is C50H95N2O6P. The molecule has 3 atom stereocenters. The molecule has 0 rings (SSSR count). The van der Waals surface area contributed by atoms with Crippen LogP contribution in [0.3, 0.4) is 0 Å². The minimum Gasteiger partial charge on any atom is -0.756 e. The Morgan fingerprint density at radius 2 is 1.00 bits per heavy atom. The molecule has 0 bridgehead atoms. The molecule has 59 heavy (non-hydrogen) atoms. The van der Waals surface area contributed by atoms with Crippen molar-refractivity contribution in [1.29, 1.82) is 0 Å². The second-order valence-electron chi connectivity index (χ2n) is 17.8. The molecule has 0 aliphatic heterocycles. The SMILES string of the molecule is CCCCCCCC/C=C/CC/C=C/C(O)C(COP(=O)([O-])OCC[N+](C)(C)C)NC(=O)CCCCCCCCCCC/C=C\C/C=C\CCCCCCCCCCC.